The Balaban J connectivity index is 1.65. The van der Waals surface area contributed by atoms with E-state index in [4.69, 9.17) is 23.2 Å². The first-order valence-corrected chi connectivity index (χ1v) is 8.94. The third-order valence-corrected chi connectivity index (χ3v) is 4.28. The van der Waals surface area contributed by atoms with Crippen molar-refractivity contribution in [2.75, 3.05) is 5.32 Å². The Bertz CT molecular complexity index is 1090. The van der Waals surface area contributed by atoms with Crippen LogP contribution in [0.4, 0.5) is 5.69 Å². The maximum Gasteiger partial charge on any atom is 0.272 e. The van der Waals surface area contributed by atoms with E-state index >= 15 is 0 Å². The molecule has 3 amide bonds. The molecular formula is C19H13Cl2N5O3. The Morgan fingerprint density at radius 2 is 1.31 bits per heavy atom. The van der Waals surface area contributed by atoms with Crippen LogP contribution in [0.15, 0.2) is 60.9 Å². The summed E-state index contributed by atoms with van der Waals surface area (Å²) in [5.74, 6) is -1.68. The number of carbonyl (C=O) groups is 3. The van der Waals surface area contributed by atoms with Gasteiger partial charge in [0, 0.05) is 23.6 Å². The summed E-state index contributed by atoms with van der Waals surface area (Å²) in [7, 11) is 0. The van der Waals surface area contributed by atoms with Crippen molar-refractivity contribution in [1.29, 1.82) is 0 Å². The number of anilines is 1. The van der Waals surface area contributed by atoms with Crippen LogP contribution < -0.4 is 16.2 Å². The number of hydrogen-bond donors (Lipinski definition) is 3. The summed E-state index contributed by atoms with van der Waals surface area (Å²) in [5.41, 5.74) is 5.42. The van der Waals surface area contributed by atoms with Gasteiger partial charge in [0.2, 0.25) is 0 Å². The maximum absolute atomic E-state index is 12.3. The molecule has 10 heteroatoms. The van der Waals surface area contributed by atoms with E-state index < -0.39 is 17.7 Å². The first kappa shape index (κ1) is 20.2. The number of rotatable bonds is 4. The fourth-order valence-electron chi connectivity index (χ4n) is 2.30. The lowest BCUT2D eigenvalue weighted by molar-refractivity contribution is 0.0846. The highest BCUT2D eigenvalue weighted by Gasteiger charge is 2.14. The molecule has 3 aromatic rings. The molecule has 2 aromatic heterocycles. The van der Waals surface area contributed by atoms with Crippen molar-refractivity contribution in [3.05, 3.63) is 87.9 Å². The van der Waals surface area contributed by atoms with E-state index in [1.54, 1.807) is 24.3 Å². The van der Waals surface area contributed by atoms with Crippen molar-refractivity contribution < 1.29 is 14.4 Å². The van der Waals surface area contributed by atoms with E-state index in [9.17, 15) is 14.4 Å². The molecular weight excluding hydrogens is 417 g/mol. The molecule has 8 nitrogen and oxygen atoms in total. The molecule has 0 aliphatic heterocycles. The number of benzene rings is 1. The van der Waals surface area contributed by atoms with Crippen molar-refractivity contribution in [1.82, 2.24) is 20.8 Å². The summed E-state index contributed by atoms with van der Waals surface area (Å²) in [5, 5.41) is 2.71. The Hall–Kier alpha value is -3.49. The van der Waals surface area contributed by atoms with Gasteiger partial charge in [-0.2, -0.15) is 0 Å². The van der Waals surface area contributed by atoms with Crippen molar-refractivity contribution in [3.8, 4) is 0 Å². The Morgan fingerprint density at radius 1 is 0.724 bits per heavy atom. The molecule has 0 fully saturated rings. The first-order valence-electron chi connectivity index (χ1n) is 8.19. The number of amides is 3. The SMILES string of the molecule is O=C(NNC(=O)c1cccnc1Cl)c1cccc(NC(=O)c2cccnc2Cl)c1. The van der Waals surface area contributed by atoms with Gasteiger partial charge in [-0.05, 0) is 42.5 Å². The predicted octanol–water partition coefficient (Wildman–Crippen LogP) is 3.11. The number of nitrogens with zero attached hydrogens (tertiary/aromatic N) is 2. The van der Waals surface area contributed by atoms with Crippen LogP contribution in [0, 0.1) is 0 Å². The smallest absolute Gasteiger partial charge is 0.272 e. The normalized spacial score (nSPS) is 10.1. The Labute approximate surface area is 175 Å². The summed E-state index contributed by atoms with van der Waals surface area (Å²) >= 11 is 11.8. The zero-order chi connectivity index (χ0) is 20.8. The van der Waals surface area contributed by atoms with Gasteiger partial charge in [0.1, 0.15) is 10.3 Å². The van der Waals surface area contributed by atoms with Crippen molar-refractivity contribution in [3.63, 3.8) is 0 Å². The molecule has 0 saturated heterocycles. The Morgan fingerprint density at radius 3 is 1.93 bits per heavy atom. The number of nitrogens with one attached hydrogen (secondary N) is 3. The van der Waals surface area contributed by atoms with Crippen molar-refractivity contribution in [2.24, 2.45) is 0 Å². The standard InChI is InChI=1S/C19H13Cl2N5O3/c20-15-13(6-2-8-22-15)18(28)24-12-5-1-4-11(10-12)17(27)25-26-19(29)14-7-3-9-23-16(14)21/h1-10H,(H,24,28)(H,25,27)(H,26,29). The van der Waals surface area contributed by atoms with Gasteiger partial charge >= 0.3 is 0 Å². The number of halogens is 2. The molecule has 3 rings (SSSR count). The van der Waals surface area contributed by atoms with Gasteiger partial charge < -0.3 is 5.32 Å². The number of hydrazine groups is 1. The number of carbonyl (C=O) groups excluding carboxylic acids is 3. The predicted molar refractivity (Wildman–Crippen MR) is 108 cm³/mol. The van der Waals surface area contributed by atoms with E-state index in [2.05, 4.69) is 26.1 Å². The molecule has 29 heavy (non-hydrogen) atoms. The number of pyridine rings is 2. The number of aromatic nitrogens is 2. The van der Waals surface area contributed by atoms with Crippen molar-refractivity contribution in [2.45, 2.75) is 0 Å². The zero-order valence-electron chi connectivity index (χ0n) is 14.6. The van der Waals surface area contributed by atoms with E-state index in [1.165, 1.54) is 36.7 Å². The Kier molecular flexibility index (Phi) is 6.38. The summed E-state index contributed by atoms with van der Waals surface area (Å²) in [4.78, 5) is 44.3. The van der Waals surface area contributed by atoms with Gasteiger partial charge in [-0.1, -0.05) is 29.3 Å². The van der Waals surface area contributed by atoms with Crippen LogP contribution >= 0.6 is 23.2 Å². The third kappa shape index (κ3) is 5.07. The minimum absolute atomic E-state index is 0.0121. The molecule has 3 N–H and O–H groups in total. The fourth-order valence-corrected chi connectivity index (χ4v) is 2.71. The molecule has 0 saturated carbocycles. The molecule has 0 atom stereocenters. The topological polar surface area (TPSA) is 113 Å². The zero-order valence-corrected chi connectivity index (χ0v) is 16.2. The second kappa shape index (κ2) is 9.13. The largest absolute Gasteiger partial charge is 0.322 e. The lowest BCUT2D eigenvalue weighted by atomic mass is 10.2. The highest BCUT2D eigenvalue weighted by Crippen LogP contribution is 2.16. The second-order valence-electron chi connectivity index (χ2n) is 5.63. The molecule has 0 unspecified atom stereocenters. The molecule has 0 spiro atoms. The lowest BCUT2D eigenvalue weighted by Crippen LogP contribution is -2.41. The maximum atomic E-state index is 12.3. The molecule has 0 aliphatic carbocycles. The fraction of sp³-hybridized carbons (Fsp3) is 0. The van der Waals surface area contributed by atoms with E-state index in [0.29, 0.717) is 5.69 Å². The summed E-state index contributed by atoms with van der Waals surface area (Å²) < 4.78 is 0. The molecule has 0 aliphatic rings. The van der Waals surface area contributed by atoms with Crippen LogP contribution in [0.2, 0.25) is 10.3 Å². The minimum Gasteiger partial charge on any atom is -0.322 e. The van der Waals surface area contributed by atoms with Gasteiger partial charge in [-0.3, -0.25) is 25.2 Å². The molecule has 1 aromatic carbocycles. The summed E-state index contributed by atoms with van der Waals surface area (Å²) in [6.45, 7) is 0. The highest BCUT2D eigenvalue weighted by atomic mass is 35.5. The van der Waals surface area contributed by atoms with Crippen LogP contribution in [-0.4, -0.2) is 27.7 Å². The molecule has 0 radical (unpaired) electrons. The second-order valence-corrected chi connectivity index (χ2v) is 6.34. The first-order chi connectivity index (χ1) is 14.0. The van der Waals surface area contributed by atoms with E-state index in [0.717, 1.165) is 0 Å². The van der Waals surface area contributed by atoms with Gasteiger partial charge in [0.15, 0.2) is 0 Å². The molecule has 0 bridgehead atoms. The monoisotopic (exact) mass is 429 g/mol. The average molecular weight is 430 g/mol. The van der Waals surface area contributed by atoms with Crippen LogP contribution in [-0.2, 0) is 0 Å². The summed E-state index contributed by atoms with van der Waals surface area (Å²) in [6.07, 6.45) is 2.91. The van der Waals surface area contributed by atoms with E-state index in [1.807, 2.05) is 0 Å². The molecule has 146 valence electrons. The van der Waals surface area contributed by atoms with Crippen molar-refractivity contribution >= 4 is 46.6 Å². The highest BCUT2D eigenvalue weighted by molar-refractivity contribution is 6.33. The van der Waals surface area contributed by atoms with Gasteiger partial charge in [-0.15, -0.1) is 0 Å². The minimum atomic E-state index is -0.618. The van der Waals surface area contributed by atoms with Gasteiger partial charge in [0.25, 0.3) is 17.7 Å². The van der Waals surface area contributed by atoms with E-state index in [-0.39, 0.29) is 27.0 Å². The number of hydrogen-bond acceptors (Lipinski definition) is 5. The summed E-state index contributed by atoms with van der Waals surface area (Å²) in [6, 6.07) is 12.3. The quantitative estimate of drug-likeness (QED) is 0.435. The van der Waals surface area contributed by atoms with Crippen LogP contribution in [0.25, 0.3) is 0 Å². The van der Waals surface area contributed by atoms with Crippen LogP contribution in [0.5, 0.6) is 0 Å². The lowest BCUT2D eigenvalue weighted by Gasteiger charge is -2.10. The van der Waals surface area contributed by atoms with Crippen LogP contribution in [0.3, 0.4) is 0 Å². The average Bonchev–Trinajstić information content (AvgIpc) is 2.72. The van der Waals surface area contributed by atoms with Gasteiger partial charge in [0.05, 0.1) is 11.1 Å². The van der Waals surface area contributed by atoms with Crippen LogP contribution in [0.1, 0.15) is 31.1 Å². The molecule has 2 heterocycles. The third-order valence-electron chi connectivity index (χ3n) is 3.68. The van der Waals surface area contributed by atoms with Gasteiger partial charge in [-0.25, -0.2) is 9.97 Å².